The van der Waals surface area contributed by atoms with Crippen LogP contribution in [0, 0.1) is 12.7 Å². The number of carbonyl (C=O) groups is 2. The van der Waals surface area contributed by atoms with Crippen molar-refractivity contribution in [3.8, 4) is 0 Å². The van der Waals surface area contributed by atoms with E-state index in [0.29, 0.717) is 37.3 Å². The highest BCUT2D eigenvalue weighted by Gasteiger charge is 2.25. The maximum absolute atomic E-state index is 13.2. The normalized spacial score (nSPS) is 14.5. The summed E-state index contributed by atoms with van der Waals surface area (Å²) in [6.45, 7) is 3.97. The summed E-state index contributed by atoms with van der Waals surface area (Å²) in [5, 5.41) is 0. The van der Waals surface area contributed by atoms with Crippen molar-refractivity contribution < 1.29 is 14.0 Å². The quantitative estimate of drug-likeness (QED) is 0.862. The molecule has 1 aliphatic heterocycles. The van der Waals surface area contributed by atoms with Crippen LogP contribution >= 0.6 is 0 Å². The molecule has 0 radical (unpaired) electrons. The molecule has 0 unspecified atom stereocenters. The van der Waals surface area contributed by atoms with Crippen LogP contribution in [0.15, 0.2) is 48.5 Å². The number of benzene rings is 2. The number of rotatable bonds is 3. The number of halogens is 1. The molecular formula is C20H21FN2O2. The summed E-state index contributed by atoms with van der Waals surface area (Å²) in [4.78, 5) is 28.5. The number of amides is 2. The number of hydrogen-bond acceptors (Lipinski definition) is 2. The van der Waals surface area contributed by atoms with Crippen LogP contribution in [0.4, 0.5) is 4.39 Å². The average molecular weight is 340 g/mol. The van der Waals surface area contributed by atoms with Gasteiger partial charge in [-0.05, 0) is 36.2 Å². The van der Waals surface area contributed by atoms with Crippen LogP contribution in [-0.2, 0) is 11.2 Å². The summed E-state index contributed by atoms with van der Waals surface area (Å²) in [5.74, 6) is -0.358. The van der Waals surface area contributed by atoms with Gasteiger partial charge in [-0.25, -0.2) is 4.39 Å². The number of aryl methyl sites for hydroxylation is 1. The largest absolute Gasteiger partial charge is 0.339 e. The Morgan fingerprint density at radius 1 is 0.960 bits per heavy atom. The molecule has 1 heterocycles. The van der Waals surface area contributed by atoms with Gasteiger partial charge >= 0.3 is 0 Å². The van der Waals surface area contributed by atoms with Crippen molar-refractivity contribution in [3.05, 3.63) is 71.0 Å². The molecule has 130 valence electrons. The van der Waals surface area contributed by atoms with Crippen LogP contribution in [0.25, 0.3) is 0 Å². The SMILES string of the molecule is Cc1ccccc1C(=O)N1CCN(C(=O)Cc2cccc(F)c2)CC1. The number of carbonyl (C=O) groups excluding carboxylic acids is 2. The first-order valence-electron chi connectivity index (χ1n) is 8.42. The fourth-order valence-electron chi connectivity index (χ4n) is 3.08. The minimum Gasteiger partial charge on any atom is -0.339 e. The molecule has 5 heteroatoms. The summed E-state index contributed by atoms with van der Waals surface area (Å²) in [5.41, 5.74) is 2.34. The molecule has 2 amide bonds. The zero-order chi connectivity index (χ0) is 17.8. The van der Waals surface area contributed by atoms with Crippen LogP contribution in [-0.4, -0.2) is 47.8 Å². The Labute approximate surface area is 146 Å². The highest BCUT2D eigenvalue weighted by molar-refractivity contribution is 5.95. The van der Waals surface area contributed by atoms with E-state index in [1.54, 1.807) is 21.9 Å². The Hall–Kier alpha value is -2.69. The summed E-state index contributed by atoms with van der Waals surface area (Å²) >= 11 is 0. The van der Waals surface area contributed by atoms with Gasteiger partial charge in [0.1, 0.15) is 5.82 Å². The van der Waals surface area contributed by atoms with Gasteiger partial charge in [0.2, 0.25) is 5.91 Å². The van der Waals surface area contributed by atoms with E-state index in [1.165, 1.54) is 12.1 Å². The van der Waals surface area contributed by atoms with E-state index in [9.17, 15) is 14.0 Å². The zero-order valence-electron chi connectivity index (χ0n) is 14.2. The molecule has 0 aliphatic carbocycles. The molecule has 1 saturated heterocycles. The zero-order valence-corrected chi connectivity index (χ0v) is 14.2. The van der Waals surface area contributed by atoms with E-state index in [1.807, 2.05) is 31.2 Å². The monoisotopic (exact) mass is 340 g/mol. The first-order valence-corrected chi connectivity index (χ1v) is 8.42. The van der Waals surface area contributed by atoms with Gasteiger partial charge < -0.3 is 9.80 Å². The Bertz CT molecular complexity index is 783. The van der Waals surface area contributed by atoms with Gasteiger partial charge in [0.05, 0.1) is 6.42 Å². The van der Waals surface area contributed by atoms with Gasteiger partial charge in [0.15, 0.2) is 0 Å². The molecule has 0 aromatic heterocycles. The van der Waals surface area contributed by atoms with Crippen molar-refractivity contribution in [2.24, 2.45) is 0 Å². The molecule has 0 atom stereocenters. The maximum Gasteiger partial charge on any atom is 0.254 e. The second kappa shape index (κ2) is 7.47. The summed E-state index contributed by atoms with van der Waals surface area (Å²) in [6.07, 6.45) is 0.184. The molecule has 0 bridgehead atoms. The molecule has 3 rings (SSSR count). The molecule has 2 aromatic carbocycles. The second-order valence-electron chi connectivity index (χ2n) is 6.29. The Morgan fingerprint density at radius 3 is 2.32 bits per heavy atom. The molecule has 4 nitrogen and oxygen atoms in total. The third-order valence-corrected chi connectivity index (χ3v) is 4.54. The van der Waals surface area contributed by atoms with E-state index in [2.05, 4.69) is 0 Å². The third kappa shape index (κ3) is 4.05. The van der Waals surface area contributed by atoms with Crippen LogP contribution in [0.3, 0.4) is 0 Å². The van der Waals surface area contributed by atoms with Gasteiger partial charge in [0, 0.05) is 31.7 Å². The molecule has 0 saturated carbocycles. The van der Waals surface area contributed by atoms with Crippen LogP contribution in [0.2, 0.25) is 0 Å². The van der Waals surface area contributed by atoms with Crippen molar-refractivity contribution in [1.29, 1.82) is 0 Å². The lowest BCUT2D eigenvalue weighted by Crippen LogP contribution is -2.51. The van der Waals surface area contributed by atoms with Gasteiger partial charge in [0.25, 0.3) is 5.91 Å². The minimum absolute atomic E-state index is 0.00956. The Morgan fingerprint density at radius 2 is 1.64 bits per heavy atom. The first kappa shape index (κ1) is 17.1. The Balaban J connectivity index is 1.57. The lowest BCUT2D eigenvalue weighted by molar-refractivity contribution is -0.131. The van der Waals surface area contributed by atoms with Crippen molar-refractivity contribution in [2.75, 3.05) is 26.2 Å². The molecule has 0 N–H and O–H groups in total. The first-order chi connectivity index (χ1) is 12.0. The maximum atomic E-state index is 13.2. The smallest absolute Gasteiger partial charge is 0.254 e. The molecule has 1 fully saturated rings. The van der Waals surface area contributed by atoms with E-state index >= 15 is 0 Å². The summed E-state index contributed by atoms with van der Waals surface area (Å²) < 4.78 is 13.2. The molecule has 25 heavy (non-hydrogen) atoms. The van der Waals surface area contributed by atoms with Crippen molar-refractivity contribution in [2.45, 2.75) is 13.3 Å². The van der Waals surface area contributed by atoms with E-state index in [-0.39, 0.29) is 24.1 Å². The highest BCUT2D eigenvalue weighted by atomic mass is 19.1. The summed E-state index contributed by atoms with van der Waals surface area (Å²) in [7, 11) is 0. The van der Waals surface area contributed by atoms with Gasteiger partial charge in [-0.2, -0.15) is 0 Å². The standard InChI is InChI=1S/C20H21FN2O2/c1-15-5-2-3-8-18(15)20(25)23-11-9-22(10-12-23)19(24)14-16-6-4-7-17(21)13-16/h2-8,13H,9-12,14H2,1H3. The van der Waals surface area contributed by atoms with Gasteiger partial charge in [-0.3, -0.25) is 9.59 Å². The molecule has 1 aliphatic rings. The molecule has 2 aromatic rings. The summed E-state index contributed by atoms with van der Waals surface area (Å²) in [6, 6.07) is 13.6. The van der Waals surface area contributed by atoms with Gasteiger partial charge in [-0.1, -0.05) is 30.3 Å². The minimum atomic E-state index is -0.334. The van der Waals surface area contributed by atoms with E-state index < -0.39 is 0 Å². The number of nitrogens with zero attached hydrogens (tertiary/aromatic N) is 2. The third-order valence-electron chi connectivity index (χ3n) is 4.54. The van der Waals surface area contributed by atoms with Crippen molar-refractivity contribution in [1.82, 2.24) is 9.80 Å². The van der Waals surface area contributed by atoms with E-state index in [0.717, 1.165) is 5.56 Å². The number of piperazine rings is 1. The van der Waals surface area contributed by atoms with Crippen LogP contribution in [0.5, 0.6) is 0 Å². The van der Waals surface area contributed by atoms with Crippen LogP contribution < -0.4 is 0 Å². The topological polar surface area (TPSA) is 40.6 Å². The van der Waals surface area contributed by atoms with Crippen molar-refractivity contribution in [3.63, 3.8) is 0 Å². The molecular weight excluding hydrogens is 319 g/mol. The second-order valence-corrected chi connectivity index (χ2v) is 6.29. The van der Waals surface area contributed by atoms with E-state index in [4.69, 9.17) is 0 Å². The highest BCUT2D eigenvalue weighted by Crippen LogP contribution is 2.14. The average Bonchev–Trinajstić information content (AvgIpc) is 2.62. The lowest BCUT2D eigenvalue weighted by Gasteiger charge is -2.35. The predicted molar refractivity (Wildman–Crippen MR) is 93.8 cm³/mol. The lowest BCUT2D eigenvalue weighted by atomic mass is 10.1. The van der Waals surface area contributed by atoms with Crippen LogP contribution in [0.1, 0.15) is 21.5 Å². The number of hydrogen-bond donors (Lipinski definition) is 0. The molecule has 0 spiro atoms. The fourth-order valence-corrected chi connectivity index (χ4v) is 3.08. The van der Waals surface area contributed by atoms with Gasteiger partial charge in [-0.15, -0.1) is 0 Å². The Kier molecular flexibility index (Phi) is 5.12. The predicted octanol–water partition coefficient (Wildman–Crippen LogP) is 2.66. The fraction of sp³-hybridized carbons (Fsp3) is 0.300. The van der Waals surface area contributed by atoms with Crippen molar-refractivity contribution >= 4 is 11.8 Å².